The first-order chi connectivity index (χ1) is 9.18. The van der Waals surface area contributed by atoms with Gasteiger partial charge in [-0.15, -0.1) is 0 Å². The van der Waals surface area contributed by atoms with E-state index in [2.05, 4.69) is 9.97 Å². The Morgan fingerprint density at radius 3 is 2.79 bits per heavy atom. The van der Waals surface area contributed by atoms with Gasteiger partial charge in [0.15, 0.2) is 5.69 Å². The lowest BCUT2D eigenvalue weighted by Gasteiger charge is -2.02. The molecule has 6 heteroatoms. The van der Waals surface area contributed by atoms with Crippen molar-refractivity contribution in [3.63, 3.8) is 0 Å². The number of carboxylic acids is 1. The van der Waals surface area contributed by atoms with Crippen LogP contribution in [0.25, 0.3) is 17.0 Å². The minimum absolute atomic E-state index is 0.0520. The second-order valence-electron chi connectivity index (χ2n) is 3.88. The van der Waals surface area contributed by atoms with Crippen LogP contribution in [0.1, 0.15) is 10.5 Å². The Hall–Kier alpha value is -2.40. The summed E-state index contributed by atoms with van der Waals surface area (Å²) >= 11 is 6.10. The first-order valence-corrected chi connectivity index (χ1v) is 5.87. The van der Waals surface area contributed by atoms with E-state index in [0.29, 0.717) is 22.1 Å². The topological polar surface area (TPSA) is 67.5 Å². The van der Waals surface area contributed by atoms with Crippen molar-refractivity contribution in [2.75, 3.05) is 0 Å². The van der Waals surface area contributed by atoms with Gasteiger partial charge in [-0.2, -0.15) is 0 Å². The highest BCUT2D eigenvalue weighted by atomic mass is 35.5. The van der Waals surface area contributed by atoms with E-state index in [-0.39, 0.29) is 5.69 Å². The normalized spacial score (nSPS) is 10.8. The summed E-state index contributed by atoms with van der Waals surface area (Å²) in [6.45, 7) is 0. The van der Waals surface area contributed by atoms with Gasteiger partial charge in [0.05, 0.1) is 5.02 Å². The highest BCUT2D eigenvalue weighted by molar-refractivity contribution is 6.33. The zero-order valence-electron chi connectivity index (χ0n) is 9.62. The largest absolute Gasteiger partial charge is 0.476 e. The molecule has 0 saturated heterocycles. The van der Waals surface area contributed by atoms with Crippen molar-refractivity contribution >= 4 is 23.3 Å². The molecule has 19 heavy (non-hydrogen) atoms. The summed E-state index contributed by atoms with van der Waals surface area (Å²) in [5.41, 5.74) is 0.945. The zero-order chi connectivity index (χ0) is 13.4. The molecule has 0 spiro atoms. The van der Waals surface area contributed by atoms with Crippen LogP contribution < -0.4 is 0 Å². The summed E-state index contributed by atoms with van der Waals surface area (Å²) in [5.74, 6) is -0.745. The van der Waals surface area contributed by atoms with E-state index in [0.717, 1.165) is 0 Å². The second kappa shape index (κ2) is 4.37. The fourth-order valence-corrected chi connectivity index (χ4v) is 2.16. The smallest absolute Gasteiger partial charge is 0.355 e. The minimum atomic E-state index is -1.07. The average molecular weight is 274 g/mol. The number of imidazole rings is 1. The number of fused-ring (bicyclic) bond motifs is 1. The van der Waals surface area contributed by atoms with Crippen molar-refractivity contribution in [2.45, 2.75) is 0 Å². The molecule has 0 amide bonds. The molecule has 3 rings (SSSR count). The molecule has 0 aliphatic heterocycles. The van der Waals surface area contributed by atoms with Crippen molar-refractivity contribution < 1.29 is 9.90 Å². The van der Waals surface area contributed by atoms with Gasteiger partial charge in [0.25, 0.3) is 0 Å². The first kappa shape index (κ1) is 11.7. The Bertz CT molecular complexity index is 782. The molecule has 0 unspecified atom stereocenters. The van der Waals surface area contributed by atoms with Crippen LogP contribution in [0, 0.1) is 0 Å². The molecule has 0 radical (unpaired) electrons. The molecule has 1 aromatic carbocycles. The average Bonchev–Trinajstić information content (AvgIpc) is 2.78. The van der Waals surface area contributed by atoms with Crippen LogP contribution in [0.4, 0.5) is 0 Å². The quantitative estimate of drug-likeness (QED) is 0.779. The molecule has 0 aliphatic carbocycles. The molecule has 3 aromatic rings. The molecule has 0 atom stereocenters. The van der Waals surface area contributed by atoms with Crippen LogP contribution in [0.5, 0.6) is 0 Å². The third kappa shape index (κ3) is 1.84. The number of aromatic nitrogens is 3. The first-order valence-electron chi connectivity index (χ1n) is 5.50. The highest BCUT2D eigenvalue weighted by Crippen LogP contribution is 2.29. The van der Waals surface area contributed by atoms with E-state index in [1.807, 2.05) is 0 Å². The van der Waals surface area contributed by atoms with Gasteiger partial charge in [-0.1, -0.05) is 29.8 Å². The Kier molecular flexibility index (Phi) is 2.68. The van der Waals surface area contributed by atoms with Gasteiger partial charge in [0.2, 0.25) is 5.78 Å². The Morgan fingerprint density at radius 1 is 1.26 bits per heavy atom. The fraction of sp³-hybridized carbons (Fsp3) is 0. The van der Waals surface area contributed by atoms with Gasteiger partial charge >= 0.3 is 5.97 Å². The van der Waals surface area contributed by atoms with E-state index in [1.54, 1.807) is 42.7 Å². The summed E-state index contributed by atoms with van der Waals surface area (Å²) in [6.07, 6.45) is 3.17. The third-order valence-corrected chi connectivity index (χ3v) is 3.06. The van der Waals surface area contributed by atoms with E-state index in [1.165, 1.54) is 4.40 Å². The maximum Gasteiger partial charge on any atom is 0.355 e. The second-order valence-corrected chi connectivity index (χ2v) is 4.29. The number of carboxylic acid groups (broad SMARTS) is 1. The Labute approximate surface area is 113 Å². The number of hydrogen-bond acceptors (Lipinski definition) is 3. The van der Waals surface area contributed by atoms with E-state index in [4.69, 9.17) is 11.6 Å². The summed E-state index contributed by atoms with van der Waals surface area (Å²) in [6, 6.07) is 8.64. The lowest BCUT2D eigenvalue weighted by molar-refractivity contribution is 0.0690. The maximum atomic E-state index is 11.4. The van der Waals surface area contributed by atoms with Crippen molar-refractivity contribution in [3.8, 4) is 11.3 Å². The summed E-state index contributed by atoms with van der Waals surface area (Å²) in [4.78, 5) is 19.7. The number of halogens is 1. The van der Waals surface area contributed by atoms with Crippen molar-refractivity contribution in [3.05, 3.63) is 53.4 Å². The maximum absolute atomic E-state index is 11.4. The molecule has 2 aromatic heterocycles. The van der Waals surface area contributed by atoms with Gasteiger partial charge < -0.3 is 5.11 Å². The predicted octanol–water partition coefficient (Wildman–Crippen LogP) is 2.75. The number of aromatic carboxylic acids is 1. The molecule has 94 valence electrons. The Morgan fingerprint density at radius 2 is 2.05 bits per heavy atom. The molecule has 0 fully saturated rings. The van der Waals surface area contributed by atoms with Crippen molar-refractivity contribution in [1.29, 1.82) is 0 Å². The SMILES string of the molecule is O=C(O)c1c(-c2ccccc2Cl)nc2ncccn12. The predicted molar refractivity (Wildman–Crippen MR) is 70.4 cm³/mol. The van der Waals surface area contributed by atoms with Crippen molar-refractivity contribution in [2.24, 2.45) is 0 Å². The molecular formula is C13H8ClN3O2. The minimum Gasteiger partial charge on any atom is -0.476 e. The van der Waals surface area contributed by atoms with Crippen LogP contribution >= 0.6 is 11.6 Å². The molecule has 1 N–H and O–H groups in total. The van der Waals surface area contributed by atoms with Crippen LogP contribution in [0.3, 0.4) is 0 Å². The molecule has 0 bridgehead atoms. The molecule has 0 saturated carbocycles. The zero-order valence-corrected chi connectivity index (χ0v) is 10.4. The lowest BCUT2D eigenvalue weighted by atomic mass is 10.1. The van der Waals surface area contributed by atoms with Gasteiger partial charge in [-0.05, 0) is 12.1 Å². The van der Waals surface area contributed by atoms with Crippen LogP contribution in [-0.2, 0) is 0 Å². The Balaban J connectivity index is 2.38. The van der Waals surface area contributed by atoms with Crippen molar-refractivity contribution in [1.82, 2.24) is 14.4 Å². The highest BCUT2D eigenvalue weighted by Gasteiger charge is 2.21. The lowest BCUT2D eigenvalue weighted by Crippen LogP contribution is -2.03. The van der Waals surface area contributed by atoms with Crippen LogP contribution in [-0.4, -0.2) is 25.4 Å². The standard InChI is InChI=1S/C13H8ClN3O2/c14-9-5-2-1-4-8(9)10-11(12(18)19)17-7-3-6-15-13(17)16-10/h1-7H,(H,18,19). The van der Waals surface area contributed by atoms with Gasteiger partial charge in [-0.25, -0.2) is 14.8 Å². The summed E-state index contributed by atoms with van der Waals surface area (Å²) in [5, 5.41) is 9.83. The van der Waals surface area contributed by atoms with Gasteiger partial charge in [0.1, 0.15) is 5.69 Å². The summed E-state index contributed by atoms with van der Waals surface area (Å²) in [7, 11) is 0. The molecule has 2 heterocycles. The number of hydrogen-bond donors (Lipinski definition) is 1. The molecule has 0 aliphatic rings. The monoisotopic (exact) mass is 273 g/mol. The van der Waals surface area contributed by atoms with Gasteiger partial charge in [-0.3, -0.25) is 4.40 Å². The molecule has 5 nitrogen and oxygen atoms in total. The van der Waals surface area contributed by atoms with E-state index in [9.17, 15) is 9.90 Å². The number of rotatable bonds is 2. The number of nitrogens with zero attached hydrogens (tertiary/aromatic N) is 3. The third-order valence-electron chi connectivity index (χ3n) is 2.74. The summed E-state index contributed by atoms with van der Waals surface area (Å²) < 4.78 is 1.43. The fourth-order valence-electron chi connectivity index (χ4n) is 1.93. The van der Waals surface area contributed by atoms with E-state index < -0.39 is 5.97 Å². The van der Waals surface area contributed by atoms with E-state index >= 15 is 0 Å². The molecular weight excluding hydrogens is 266 g/mol. The van der Waals surface area contributed by atoms with Gasteiger partial charge in [0, 0.05) is 18.0 Å². The number of benzene rings is 1. The van der Waals surface area contributed by atoms with Crippen LogP contribution in [0.15, 0.2) is 42.7 Å². The number of carbonyl (C=O) groups is 1. The van der Waals surface area contributed by atoms with Crippen LogP contribution in [0.2, 0.25) is 5.02 Å².